The fourth-order valence-electron chi connectivity index (χ4n) is 5.07. The number of nitrogens with zero attached hydrogens (tertiary/aromatic N) is 6. The number of carbonyl (C=O) groups excluding carboxylic acids is 5. The van der Waals surface area contributed by atoms with Gasteiger partial charge in [0.2, 0.25) is 11.9 Å². The van der Waals surface area contributed by atoms with Crippen molar-refractivity contribution >= 4 is 41.4 Å². The summed E-state index contributed by atoms with van der Waals surface area (Å²) in [7, 11) is 9.21. The third kappa shape index (κ3) is 26.6. The van der Waals surface area contributed by atoms with Crippen LogP contribution in [0.15, 0.2) is 24.2 Å². The molecule has 0 aromatic carbocycles. The summed E-state index contributed by atoms with van der Waals surface area (Å²) in [4.78, 5) is 76.1. The molecule has 2 heterocycles. The first-order valence-corrected chi connectivity index (χ1v) is 20.5. The number of rotatable bonds is 16. The average Bonchev–Trinajstić information content (AvgIpc) is 4.00. The van der Waals surface area contributed by atoms with Gasteiger partial charge < -0.3 is 45.9 Å². The van der Waals surface area contributed by atoms with Gasteiger partial charge in [0.1, 0.15) is 24.0 Å². The van der Waals surface area contributed by atoms with Gasteiger partial charge in [0.25, 0.3) is 0 Å². The van der Waals surface area contributed by atoms with E-state index in [-0.39, 0.29) is 123 Å². The fourth-order valence-corrected chi connectivity index (χ4v) is 5.07. The van der Waals surface area contributed by atoms with Gasteiger partial charge in [-0.1, -0.05) is 22.3 Å². The number of nitrogen functional groups attached to an aromatic ring is 2. The Labute approximate surface area is 409 Å². The Morgan fingerprint density at radius 3 is 1.65 bits per heavy atom. The summed E-state index contributed by atoms with van der Waals surface area (Å²) in [5.74, 6) is 0.295. The van der Waals surface area contributed by atoms with Gasteiger partial charge in [-0.05, 0) is 93.2 Å². The van der Waals surface area contributed by atoms with Crippen LogP contribution in [0.2, 0.25) is 0 Å². The van der Waals surface area contributed by atoms with Crippen LogP contribution in [-0.4, -0.2) is 131 Å². The molecule has 20 heteroatoms. The Morgan fingerprint density at radius 2 is 1.25 bits per heavy atom. The molecule has 366 valence electrons. The maximum absolute atomic E-state index is 11.8. The van der Waals surface area contributed by atoms with Crippen molar-refractivity contribution in [3.63, 3.8) is 0 Å². The van der Waals surface area contributed by atoms with Crippen LogP contribution < -0.4 is 41.0 Å². The van der Waals surface area contributed by atoms with Crippen LogP contribution in [0, 0.1) is 11.8 Å². The third-order valence-electron chi connectivity index (χ3n) is 9.17. The Morgan fingerprint density at radius 1 is 0.769 bits per heavy atom. The molecule has 19 nitrogen and oxygen atoms in total. The number of hydrogen-bond donors (Lipinski definition) is 3. The van der Waals surface area contributed by atoms with Crippen molar-refractivity contribution in [3.8, 4) is 0 Å². The molecule has 0 radical (unpaired) electrons. The van der Waals surface area contributed by atoms with Crippen molar-refractivity contribution < 1.29 is 83.1 Å². The fraction of sp³-hybridized carbons (Fsp3) is 0.667. The van der Waals surface area contributed by atoms with Crippen LogP contribution in [0.4, 0.5) is 11.9 Å². The molecule has 0 saturated heterocycles. The van der Waals surface area contributed by atoms with E-state index in [0.717, 1.165) is 68.3 Å². The summed E-state index contributed by atoms with van der Waals surface area (Å²) in [5.41, 5.74) is 14.0. The molecule has 0 bridgehead atoms. The van der Waals surface area contributed by atoms with Crippen LogP contribution in [0.5, 0.6) is 0 Å². The number of aromatic nitrogens is 4. The van der Waals surface area contributed by atoms with Gasteiger partial charge in [-0.25, -0.2) is 29.5 Å². The normalized spacial score (nSPS) is 14.5. The molecule has 1 unspecified atom stereocenters. The van der Waals surface area contributed by atoms with E-state index in [1.54, 1.807) is 59.3 Å². The molecule has 4 saturated carbocycles. The van der Waals surface area contributed by atoms with E-state index < -0.39 is 5.97 Å². The standard InChI is InChI=1S/C11H17NO3.C10H13N3O2.C8H11N3O.C8H12O3.C5H13NO.3CH4.Na.H2O/c1-4-15-11(14)9(7-12(2)3)10(13)8-5-6-8;1-2-15-9(14)7-5-12-10(11)13-8(7)6-3-4-6;9-8-10-3-6(4-12)7(11-8)5-1-2-5;1-2-11-8(10)5-7(9)6-3-4-6;1-5(7-4)6(2)3;;;;;/h7-8H,4-6H2,1-3H3;5-6H,2-4H2,1H3,(H2,11,12,13);3,5,12H,1-2,4H2,(H2,9,10,11);6H,2-5H2,1H3;5H,1-4H3;3*1H4;;1H2/q;;;;;;;;+1;/p-1/b9-7-;;;;;;;;;. The van der Waals surface area contributed by atoms with Crippen molar-refractivity contribution in [1.82, 2.24) is 29.7 Å². The third-order valence-corrected chi connectivity index (χ3v) is 9.17. The van der Waals surface area contributed by atoms with Gasteiger partial charge in [-0.3, -0.25) is 19.3 Å². The number of methoxy groups -OCH3 is 1. The minimum absolute atomic E-state index is 0. The molecular weight excluding hydrogens is 852 g/mol. The van der Waals surface area contributed by atoms with Crippen molar-refractivity contribution in [1.29, 1.82) is 0 Å². The summed E-state index contributed by atoms with van der Waals surface area (Å²) < 4.78 is 19.3. The maximum atomic E-state index is 11.8. The molecule has 2 aromatic rings. The number of esters is 3. The van der Waals surface area contributed by atoms with E-state index in [1.165, 1.54) is 6.20 Å². The maximum Gasteiger partial charge on any atom is 1.00 e. The molecule has 0 amide bonds. The first-order valence-electron chi connectivity index (χ1n) is 20.5. The van der Waals surface area contributed by atoms with Gasteiger partial charge in [0.05, 0.1) is 43.4 Å². The molecule has 4 fully saturated rings. The molecule has 1 atom stereocenters. The second kappa shape index (κ2) is 35.1. The first kappa shape index (κ1) is 67.5. The van der Waals surface area contributed by atoms with Gasteiger partial charge in [0, 0.05) is 69.0 Å². The van der Waals surface area contributed by atoms with Crippen LogP contribution in [0.1, 0.15) is 147 Å². The van der Waals surface area contributed by atoms with Crippen molar-refractivity contribution in [2.45, 2.75) is 132 Å². The number of anilines is 2. The second-order valence-corrected chi connectivity index (χ2v) is 15.0. The summed E-state index contributed by atoms with van der Waals surface area (Å²) in [6.07, 6.45) is 12.9. The predicted octanol–water partition coefficient (Wildman–Crippen LogP) is 2.71. The quantitative estimate of drug-likeness (QED) is 0.0415. The Hall–Kier alpha value is -4.11. The number of aliphatic hydroxyl groups excluding tert-OH is 1. The Bertz CT molecular complexity index is 1750. The van der Waals surface area contributed by atoms with Gasteiger partial charge in [-0.15, -0.1) is 0 Å². The number of hydrogen-bond acceptors (Lipinski definition) is 19. The molecule has 4 aliphatic rings. The van der Waals surface area contributed by atoms with E-state index >= 15 is 0 Å². The molecule has 0 aliphatic heterocycles. The van der Waals surface area contributed by atoms with E-state index in [9.17, 15) is 24.0 Å². The summed E-state index contributed by atoms with van der Waals surface area (Å²) in [5, 5.41) is 8.97. The van der Waals surface area contributed by atoms with E-state index in [1.807, 2.05) is 25.9 Å². The molecule has 0 spiro atoms. The van der Waals surface area contributed by atoms with Crippen molar-refractivity contribution in [3.05, 3.63) is 46.7 Å². The van der Waals surface area contributed by atoms with E-state index in [4.69, 9.17) is 30.8 Å². The Balaban J connectivity index is -0.000000358. The zero-order chi connectivity index (χ0) is 44.9. The number of carbonyl (C=O) groups is 5. The first-order chi connectivity index (χ1) is 28.5. The predicted molar refractivity (Wildman–Crippen MR) is 246 cm³/mol. The molecule has 2 aromatic heterocycles. The minimum atomic E-state index is -0.511. The van der Waals surface area contributed by atoms with Crippen LogP contribution in [-0.2, 0) is 44.7 Å². The largest absolute Gasteiger partial charge is 1.00 e. The zero-order valence-corrected chi connectivity index (χ0v) is 40.2. The number of Topliss-reactive ketones (excluding diaryl/α,β-unsaturated/α-hetero) is 2. The smallest absolute Gasteiger partial charge is 0.870 e. The van der Waals surface area contributed by atoms with Crippen LogP contribution in [0.25, 0.3) is 0 Å². The summed E-state index contributed by atoms with van der Waals surface area (Å²) >= 11 is 0. The summed E-state index contributed by atoms with van der Waals surface area (Å²) in [6.45, 7) is 8.25. The van der Waals surface area contributed by atoms with E-state index in [2.05, 4.69) is 24.7 Å². The zero-order valence-electron chi connectivity index (χ0n) is 38.2. The SMILES string of the molecule is C.C.C.CCOC(=O)/C(=C\N(C)C)C(=O)C1CC1.CCOC(=O)CC(=O)C1CC1.CCOC(=O)c1cnc(N)nc1C1CC1.COC(C)N(C)C.Nc1ncc(CO)c(C2CC2)n1.[Na+].[OH-]. The Kier molecular flexibility index (Phi) is 36.5. The molecule has 6 rings (SSSR count). The number of ketones is 2. The topological polar surface area (TPSA) is 283 Å². The monoisotopic (exact) mass is 931 g/mol. The molecule has 65 heavy (non-hydrogen) atoms. The summed E-state index contributed by atoms with van der Waals surface area (Å²) in [6, 6.07) is 0. The average molecular weight is 931 g/mol. The van der Waals surface area contributed by atoms with Crippen LogP contribution >= 0.6 is 0 Å². The molecular formula is C45H79N8NaO11. The van der Waals surface area contributed by atoms with E-state index in [0.29, 0.717) is 43.2 Å². The molecule has 4 aliphatic carbocycles. The van der Waals surface area contributed by atoms with Gasteiger partial charge in [-0.2, -0.15) is 0 Å². The number of aliphatic hydroxyl groups is 1. The van der Waals surface area contributed by atoms with Gasteiger partial charge in [0.15, 0.2) is 5.78 Å². The minimum Gasteiger partial charge on any atom is -0.870 e. The van der Waals surface area contributed by atoms with Crippen molar-refractivity contribution in [2.75, 3.05) is 66.6 Å². The number of ether oxygens (including phenoxy) is 4. The van der Waals surface area contributed by atoms with Gasteiger partial charge >= 0.3 is 47.5 Å². The van der Waals surface area contributed by atoms with Crippen LogP contribution in [0.3, 0.4) is 0 Å². The second-order valence-electron chi connectivity index (χ2n) is 15.0. The number of nitrogens with two attached hydrogens (primary N) is 2. The molecule has 6 N–H and O–H groups in total. The van der Waals surface area contributed by atoms with Crippen molar-refractivity contribution in [2.24, 2.45) is 11.8 Å².